The van der Waals surface area contributed by atoms with E-state index in [4.69, 9.17) is 0 Å². The van der Waals surface area contributed by atoms with Crippen LogP contribution in [0.15, 0.2) is 47.4 Å². The summed E-state index contributed by atoms with van der Waals surface area (Å²) in [5.74, 6) is 1.95. The van der Waals surface area contributed by atoms with Crippen LogP contribution in [0.3, 0.4) is 0 Å². The van der Waals surface area contributed by atoms with Crippen LogP contribution in [0.4, 0.5) is 0 Å². The highest BCUT2D eigenvalue weighted by molar-refractivity contribution is 7.85. The molecule has 0 saturated heterocycles. The molecule has 1 aromatic carbocycles. The summed E-state index contributed by atoms with van der Waals surface area (Å²) < 4.78 is 12.8. The molecule has 2 nitrogen and oxygen atoms in total. The molecule has 3 aliphatic carbocycles. The van der Waals surface area contributed by atoms with Gasteiger partial charge in [-0.15, -0.1) is 0 Å². The average Bonchev–Trinajstić information content (AvgIpc) is 3.09. The number of hydrogen-bond acceptors (Lipinski definition) is 2. The fourth-order valence-corrected chi connectivity index (χ4v) is 6.30. The van der Waals surface area contributed by atoms with Gasteiger partial charge in [0.25, 0.3) is 0 Å². The molecule has 2 saturated carbocycles. The molecule has 7 atom stereocenters. The molecule has 1 N–H and O–H groups in total. The van der Waals surface area contributed by atoms with Crippen molar-refractivity contribution in [2.24, 2.45) is 23.7 Å². The summed E-state index contributed by atoms with van der Waals surface area (Å²) in [7, 11) is -1.08. The number of aliphatic hydroxyl groups is 1. The maximum atomic E-state index is 12.8. The molecule has 0 radical (unpaired) electrons. The molecule has 0 aliphatic heterocycles. The van der Waals surface area contributed by atoms with Crippen molar-refractivity contribution in [3.63, 3.8) is 0 Å². The predicted octanol–water partition coefficient (Wildman–Crippen LogP) is 2.37. The van der Waals surface area contributed by atoms with Gasteiger partial charge in [-0.2, -0.15) is 0 Å². The van der Waals surface area contributed by atoms with Crippen LogP contribution >= 0.6 is 0 Å². The van der Waals surface area contributed by atoms with E-state index >= 15 is 0 Å². The average molecular weight is 274 g/mol. The number of benzene rings is 1. The molecule has 1 aromatic rings. The van der Waals surface area contributed by atoms with Crippen molar-refractivity contribution in [2.75, 3.05) is 0 Å². The van der Waals surface area contributed by atoms with Crippen LogP contribution in [0.25, 0.3) is 0 Å². The SMILES string of the molecule is O=S(c1ccccc1)C1C(O)C2CC1C1C=CCC12. The van der Waals surface area contributed by atoms with Crippen molar-refractivity contribution in [1.29, 1.82) is 0 Å². The Hall–Kier alpha value is -0.930. The molecule has 0 aromatic heterocycles. The molecular formula is C16H18O2S. The standard InChI is InChI=1S/C16H18O2S/c17-15-13-9-14(12-8-4-7-11(12)13)16(15)19(18)10-5-2-1-3-6-10/h1-6,8,11-17H,7,9H2. The topological polar surface area (TPSA) is 37.3 Å². The monoisotopic (exact) mass is 274 g/mol. The van der Waals surface area contributed by atoms with Gasteiger partial charge < -0.3 is 5.11 Å². The molecule has 100 valence electrons. The minimum Gasteiger partial charge on any atom is -0.392 e. The zero-order valence-corrected chi connectivity index (χ0v) is 11.5. The van der Waals surface area contributed by atoms with Crippen LogP contribution in [0, 0.1) is 23.7 Å². The summed E-state index contributed by atoms with van der Waals surface area (Å²) in [5.41, 5.74) is 0. The highest BCUT2D eigenvalue weighted by Crippen LogP contribution is 2.58. The largest absolute Gasteiger partial charge is 0.392 e. The first-order chi connectivity index (χ1) is 9.27. The zero-order chi connectivity index (χ0) is 13.0. The van der Waals surface area contributed by atoms with Crippen molar-refractivity contribution in [1.82, 2.24) is 0 Å². The van der Waals surface area contributed by atoms with Gasteiger partial charge in [-0.25, -0.2) is 0 Å². The molecule has 0 spiro atoms. The van der Waals surface area contributed by atoms with Gasteiger partial charge in [-0.1, -0.05) is 30.4 Å². The molecule has 7 unspecified atom stereocenters. The van der Waals surface area contributed by atoms with E-state index in [1.54, 1.807) is 0 Å². The number of hydrogen-bond donors (Lipinski definition) is 1. The van der Waals surface area contributed by atoms with E-state index in [-0.39, 0.29) is 11.4 Å². The Labute approximate surface area is 116 Å². The van der Waals surface area contributed by atoms with E-state index in [0.29, 0.717) is 23.7 Å². The molecular weight excluding hydrogens is 256 g/mol. The van der Waals surface area contributed by atoms with Crippen molar-refractivity contribution < 1.29 is 9.32 Å². The number of fused-ring (bicyclic) bond motifs is 5. The Morgan fingerprint density at radius 3 is 2.68 bits per heavy atom. The summed E-state index contributed by atoms with van der Waals surface area (Å²) in [6.45, 7) is 0. The molecule has 4 rings (SSSR count). The van der Waals surface area contributed by atoms with Gasteiger partial charge in [-0.3, -0.25) is 4.21 Å². The maximum Gasteiger partial charge on any atom is 0.0721 e. The molecule has 2 fully saturated rings. The lowest BCUT2D eigenvalue weighted by atomic mass is 9.80. The van der Waals surface area contributed by atoms with Crippen LogP contribution in [0.1, 0.15) is 12.8 Å². The van der Waals surface area contributed by atoms with E-state index < -0.39 is 10.8 Å². The summed E-state index contributed by atoms with van der Waals surface area (Å²) >= 11 is 0. The van der Waals surface area contributed by atoms with Gasteiger partial charge in [-0.05, 0) is 48.6 Å². The van der Waals surface area contributed by atoms with E-state index in [9.17, 15) is 9.32 Å². The van der Waals surface area contributed by atoms with Crippen LogP contribution < -0.4 is 0 Å². The normalized spacial score (nSPS) is 44.5. The van der Waals surface area contributed by atoms with Gasteiger partial charge >= 0.3 is 0 Å². The smallest absolute Gasteiger partial charge is 0.0721 e. The van der Waals surface area contributed by atoms with Gasteiger partial charge in [0.1, 0.15) is 0 Å². The van der Waals surface area contributed by atoms with E-state index in [1.807, 2.05) is 30.3 Å². The second kappa shape index (κ2) is 4.29. The second-order valence-electron chi connectivity index (χ2n) is 6.03. The second-order valence-corrected chi connectivity index (χ2v) is 7.64. The molecule has 3 aliphatic rings. The van der Waals surface area contributed by atoms with E-state index in [2.05, 4.69) is 12.2 Å². The Kier molecular flexibility index (Phi) is 2.68. The van der Waals surface area contributed by atoms with Gasteiger partial charge in [0.15, 0.2) is 0 Å². The summed E-state index contributed by atoms with van der Waals surface area (Å²) in [6, 6.07) is 9.61. The summed E-state index contributed by atoms with van der Waals surface area (Å²) in [4.78, 5) is 0.859. The fourth-order valence-electron chi connectivity index (χ4n) is 4.50. The number of allylic oxidation sites excluding steroid dienone is 2. The van der Waals surface area contributed by atoms with Crippen LogP contribution in [-0.2, 0) is 10.8 Å². The number of rotatable bonds is 2. The third-order valence-electron chi connectivity index (χ3n) is 5.27. The molecule has 19 heavy (non-hydrogen) atoms. The van der Waals surface area contributed by atoms with Crippen molar-refractivity contribution >= 4 is 10.8 Å². The zero-order valence-electron chi connectivity index (χ0n) is 10.7. The van der Waals surface area contributed by atoms with Crippen LogP contribution in [0.2, 0.25) is 0 Å². The van der Waals surface area contributed by atoms with Crippen molar-refractivity contribution in [3.8, 4) is 0 Å². The van der Waals surface area contributed by atoms with Crippen molar-refractivity contribution in [3.05, 3.63) is 42.5 Å². The highest BCUT2D eigenvalue weighted by Gasteiger charge is 2.59. The Morgan fingerprint density at radius 1 is 1.11 bits per heavy atom. The van der Waals surface area contributed by atoms with Gasteiger partial charge in [0.05, 0.1) is 22.2 Å². The molecule has 0 amide bonds. The highest BCUT2D eigenvalue weighted by atomic mass is 32.2. The summed E-state index contributed by atoms with van der Waals surface area (Å²) in [6.07, 6.45) is 6.33. The van der Waals surface area contributed by atoms with E-state index in [1.165, 1.54) is 0 Å². The summed E-state index contributed by atoms with van der Waals surface area (Å²) in [5, 5.41) is 10.5. The predicted molar refractivity (Wildman–Crippen MR) is 75.0 cm³/mol. The van der Waals surface area contributed by atoms with Crippen LogP contribution in [-0.4, -0.2) is 20.7 Å². The number of aliphatic hydroxyl groups excluding tert-OH is 1. The van der Waals surface area contributed by atoms with Crippen molar-refractivity contribution in [2.45, 2.75) is 29.1 Å². The quantitative estimate of drug-likeness (QED) is 0.841. The minimum atomic E-state index is -1.08. The molecule has 3 heteroatoms. The Bertz CT molecular complexity index is 539. The fraction of sp³-hybridized carbons (Fsp3) is 0.500. The van der Waals surface area contributed by atoms with Crippen LogP contribution in [0.5, 0.6) is 0 Å². The van der Waals surface area contributed by atoms with E-state index in [0.717, 1.165) is 17.7 Å². The first-order valence-corrected chi connectivity index (χ1v) is 8.29. The first kappa shape index (κ1) is 11.9. The van der Waals surface area contributed by atoms with Gasteiger partial charge in [0.2, 0.25) is 0 Å². The lowest BCUT2D eigenvalue weighted by Gasteiger charge is -2.34. The molecule has 2 bridgehead atoms. The lowest BCUT2D eigenvalue weighted by Crippen LogP contribution is -2.42. The molecule has 0 heterocycles. The maximum absolute atomic E-state index is 12.8. The lowest BCUT2D eigenvalue weighted by molar-refractivity contribution is 0.0740. The third kappa shape index (κ3) is 1.61. The van der Waals surface area contributed by atoms with Gasteiger partial charge in [0, 0.05) is 4.90 Å². The third-order valence-corrected chi connectivity index (χ3v) is 7.13. The Morgan fingerprint density at radius 2 is 1.89 bits per heavy atom. The minimum absolute atomic E-state index is 0.0728. The first-order valence-electron chi connectivity index (χ1n) is 7.08. The Balaban J connectivity index is 1.66.